The highest BCUT2D eigenvalue weighted by Crippen LogP contribution is 2.28. The number of hydrogen-bond acceptors (Lipinski definition) is 4. The van der Waals surface area contributed by atoms with Gasteiger partial charge in [0.15, 0.2) is 0 Å². The highest BCUT2D eigenvalue weighted by atomic mass is 127. The number of carboxylic acid groups (broad SMARTS) is 1. The van der Waals surface area contributed by atoms with Crippen molar-refractivity contribution in [1.29, 1.82) is 0 Å². The summed E-state index contributed by atoms with van der Waals surface area (Å²) < 4.78 is 2.07. The first kappa shape index (κ1) is 32.9. The minimum atomic E-state index is -1.36. The second-order valence-electron chi connectivity index (χ2n) is 11.0. The topological polar surface area (TPSA) is 118 Å². The molecule has 4 aromatic carbocycles. The number of benzene rings is 4. The molecule has 0 saturated carbocycles. The van der Waals surface area contributed by atoms with E-state index in [1.54, 1.807) is 41.8 Å². The van der Waals surface area contributed by atoms with Gasteiger partial charge in [-0.2, -0.15) is 0 Å². The van der Waals surface area contributed by atoms with Gasteiger partial charge in [-0.15, -0.1) is 0 Å². The van der Waals surface area contributed by atoms with Crippen LogP contribution in [0.3, 0.4) is 0 Å². The second kappa shape index (κ2) is 13.9. The van der Waals surface area contributed by atoms with E-state index in [1.807, 2.05) is 65.9 Å². The van der Waals surface area contributed by atoms with Crippen LogP contribution in [-0.4, -0.2) is 33.5 Å². The molecule has 0 spiro atoms. The molecule has 5 aromatic rings. The maximum absolute atomic E-state index is 13.3. The van der Waals surface area contributed by atoms with E-state index in [1.165, 1.54) is 11.8 Å². The zero-order chi connectivity index (χ0) is 33.1. The number of aryl methyl sites for hydroxylation is 2. The molecule has 0 saturated heterocycles. The molecule has 10 heteroatoms. The largest absolute Gasteiger partial charge is 0.477 e. The van der Waals surface area contributed by atoms with Crippen molar-refractivity contribution in [3.8, 4) is 11.1 Å². The quantitative estimate of drug-likeness (QED) is 0.137. The lowest BCUT2D eigenvalue weighted by molar-refractivity contribution is -0.117. The number of carbonyl (C=O) groups excluding carboxylic acids is 2. The summed E-state index contributed by atoms with van der Waals surface area (Å²) in [6.45, 7) is 5.82. The molecule has 0 radical (unpaired) electrons. The molecular formula is C36H31ClIN3O5. The number of anilines is 1. The number of hydrogen-bond donors (Lipinski definition) is 3. The fraction of sp³-hybridized carbons (Fsp3) is 0.167. The molecule has 0 aliphatic rings. The van der Waals surface area contributed by atoms with E-state index in [2.05, 4.69) is 29.7 Å². The summed E-state index contributed by atoms with van der Waals surface area (Å²) in [5, 5.41) is 16.0. The van der Waals surface area contributed by atoms with Crippen molar-refractivity contribution in [3.63, 3.8) is 0 Å². The Balaban J connectivity index is 1.35. The monoisotopic (exact) mass is 747 g/mol. The number of aromatic carboxylic acids is 1. The average Bonchev–Trinajstić information content (AvgIpc) is 3.04. The Morgan fingerprint density at radius 2 is 1.57 bits per heavy atom. The summed E-state index contributed by atoms with van der Waals surface area (Å²) in [6, 6.07) is 23.4. The highest BCUT2D eigenvalue weighted by molar-refractivity contribution is 14.1. The molecule has 2 amide bonds. The van der Waals surface area contributed by atoms with E-state index in [-0.39, 0.29) is 11.9 Å². The predicted octanol–water partition coefficient (Wildman–Crippen LogP) is 7.30. The van der Waals surface area contributed by atoms with Crippen LogP contribution in [0.2, 0.25) is 5.02 Å². The van der Waals surface area contributed by atoms with Gasteiger partial charge in [-0.3, -0.25) is 14.4 Å². The van der Waals surface area contributed by atoms with Crippen molar-refractivity contribution in [2.75, 3.05) is 5.32 Å². The van der Waals surface area contributed by atoms with E-state index in [0.717, 1.165) is 28.7 Å². The lowest BCUT2D eigenvalue weighted by Crippen LogP contribution is -2.41. The van der Waals surface area contributed by atoms with Crippen LogP contribution in [0.25, 0.3) is 22.0 Å². The normalized spacial score (nSPS) is 11.7. The number of aromatic nitrogens is 1. The SMILES string of the molecule is CCc1ccc(-c2ccc(C(=O)N[C@@H](C)C(=O)Nc3ccc4c(c3I)c(=O)c(C(=O)O)cn4Cc3ccc(C)c(Cl)c3)cc2)cc1. The average molecular weight is 748 g/mol. The number of nitrogens with one attached hydrogen (secondary N) is 2. The number of fused-ring (bicyclic) bond motifs is 1. The number of nitrogens with zero attached hydrogens (tertiary/aromatic N) is 1. The summed E-state index contributed by atoms with van der Waals surface area (Å²) in [6.07, 6.45) is 2.28. The predicted molar refractivity (Wildman–Crippen MR) is 190 cm³/mol. The zero-order valence-electron chi connectivity index (χ0n) is 25.4. The molecule has 1 heterocycles. The first-order chi connectivity index (χ1) is 22.0. The number of pyridine rings is 1. The third-order valence-electron chi connectivity index (χ3n) is 7.85. The molecule has 46 heavy (non-hydrogen) atoms. The first-order valence-corrected chi connectivity index (χ1v) is 16.1. The van der Waals surface area contributed by atoms with Crippen LogP contribution in [0, 0.1) is 10.5 Å². The number of amides is 2. The van der Waals surface area contributed by atoms with Crippen LogP contribution in [0.1, 0.15) is 51.3 Å². The number of carbonyl (C=O) groups is 3. The number of halogens is 2. The van der Waals surface area contributed by atoms with Crippen LogP contribution in [-0.2, 0) is 17.8 Å². The third-order valence-corrected chi connectivity index (χ3v) is 9.37. The Morgan fingerprint density at radius 3 is 2.17 bits per heavy atom. The third kappa shape index (κ3) is 7.00. The molecule has 0 fully saturated rings. The fourth-order valence-electron chi connectivity index (χ4n) is 5.08. The molecule has 0 unspecified atom stereocenters. The smallest absolute Gasteiger partial charge is 0.341 e. The summed E-state index contributed by atoms with van der Waals surface area (Å²) in [7, 11) is 0. The number of carboxylic acids is 1. The number of rotatable bonds is 9. The summed E-state index contributed by atoms with van der Waals surface area (Å²) in [4.78, 5) is 51.5. The van der Waals surface area contributed by atoms with Crippen molar-refractivity contribution in [1.82, 2.24) is 9.88 Å². The lowest BCUT2D eigenvalue weighted by Gasteiger charge is -2.18. The van der Waals surface area contributed by atoms with E-state index < -0.39 is 34.8 Å². The zero-order valence-corrected chi connectivity index (χ0v) is 28.3. The molecule has 0 aliphatic carbocycles. The molecule has 0 bridgehead atoms. The van der Waals surface area contributed by atoms with Gasteiger partial charge < -0.3 is 20.3 Å². The minimum absolute atomic E-state index is 0.164. The van der Waals surface area contributed by atoms with Crippen LogP contribution < -0.4 is 16.1 Å². The van der Waals surface area contributed by atoms with Crippen LogP contribution in [0.4, 0.5) is 5.69 Å². The Bertz CT molecular complexity index is 2040. The van der Waals surface area contributed by atoms with Gasteiger partial charge >= 0.3 is 5.97 Å². The van der Waals surface area contributed by atoms with Crippen molar-refractivity contribution < 1.29 is 19.5 Å². The van der Waals surface area contributed by atoms with Gasteiger partial charge in [-0.05, 0) is 101 Å². The van der Waals surface area contributed by atoms with Crippen molar-refractivity contribution in [3.05, 3.63) is 132 Å². The Hall–Kier alpha value is -4.48. The van der Waals surface area contributed by atoms with Crippen LogP contribution in [0.5, 0.6) is 0 Å². The minimum Gasteiger partial charge on any atom is -0.477 e. The fourth-order valence-corrected chi connectivity index (χ4v) is 6.12. The van der Waals surface area contributed by atoms with Crippen molar-refractivity contribution >= 4 is 68.6 Å². The van der Waals surface area contributed by atoms with Gasteiger partial charge in [0, 0.05) is 26.9 Å². The van der Waals surface area contributed by atoms with Crippen LogP contribution in [0.15, 0.2) is 89.9 Å². The van der Waals surface area contributed by atoms with Gasteiger partial charge in [0.05, 0.1) is 16.6 Å². The molecule has 1 atom stereocenters. The Labute approximate surface area is 284 Å². The van der Waals surface area contributed by atoms with Gasteiger partial charge in [0.25, 0.3) is 5.91 Å². The molecule has 1 aromatic heterocycles. The molecule has 5 rings (SSSR count). The van der Waals surface area contributed by atoms with E-state index in [9.17, 15) is 24.3 Å². The van der Waals surface area contributed by atoms with E-state index >= 15 is 0 Å². The van der Waals surface area contributed by atoms with Crippen molar-refractivity contribution in [2.24, 2.45) is 0 Å². The highest BCUT2D eigenvalue weighted by Gasteiger charge is 2.22. The van der Waals surface area contributed by atoms with Crippen LogP contribution >= 0.6 is 34.2 Å². The van der Waals surface area contributed by atoms with E-state index in [0.29, 0.717) is 25.4 Å². The Morgan fingerprint density at radius 1 is 0.935 bits per heavy atom. The molecular weight excluding hydrogens is 717 g/mol. The molecule has 0 aliphatic heterocycles. The standard InChI is InChI=1S/C36H31ClIN3O5/c1-4-22-7-9-24(10-8-22)25-11-13-26(14-12-25)35(44)39-21(3)34(43)40-29-15-16-30-31(32(29)38)33(42)27(36(45)46)19-41(30)18-23-6-5-20(2)28(37)17-23/h5-17,19,21H,4,18H2,1-3H3,(H,39,44)(H,40,43)(H,45,46)/t21-/m0/s1. The summed E-state index contributed by atoms with van der Waals surface area (Å²) in [5.41, 5.74) is 5.18. The second-order valence-corrected chi connectivity index (χ2v) is 12.5. The summed E-state index contributed by atoms with van der Waals surface area (Å²) >= 11 is 8.24. The molecule has 3 N–H and O–H groups in total. The lowest BCUT2D eigenvalue weighted by atomic mass is 10.0. The maximum Gasteiger partial charge on any atom is 0.341 e. The molecule has 234 valence electrons. The van der Waals surface area contributed by atoms with E-state index in [4.69, 9.17) is 11.6 Å². The van der Waals surface area contributed by atoms with Gasteiger partial charge in [-0.1, -0.05) is 67.1 Å². The first-order valence-electron chi connectivity index (χ1n) is 14.6. The van der Waals surface area contributed by atoms with Gasteiger partial charge in [-0.25, -0.2) is 4.79 Å². The summed E-state index contributed by atoms with van der Waals surface area (Å²) in [5.74, 6) is -2.26. The molecule has 8 nitrogen and oxygen atoms in total. The Kier molecular flexibility index (Phi) is 9.93. The van der Waals surface area contributed by atoms with Gasteiger partial charge in [0.2, 0.25) is 11.3 Å². The van der Waals surface area contributed by atoms with Gasteiger partial charge in [0.1, 0.15) is 11.6 Å². The maximum atomic E-state index is 13.3. The van der Waals surface area contributed by atoms with Crippen molar-refractivity contribution in [2.45, 2.75) is 39.8 Å².